The van der Waals surface area contributed by atoms with E-state index in [1.54, 1.807) is 0 Å². The maximum atomic E-state index is 12.1. The van der Waals surface area contributed by atoms with Gasteiger partial charge < -0.3 is 10.1 Å². The SMILES string of the molecule is O=C(NCC1CC1)c1cc(OC(F)(F)F)ccc1Cl. The number of hydrogen-bond acceptors (Lipinski definition) is 2. The van der Waals surface area contributed by atoms with E-state index in [-0.39, 0.29) is 10.6 Å². The first-order chi connectivity index (χ1) is 8.85. The summed E-state index contributed by atoms with van der Waals surface area (Å²) in [6.07, 6.45) is -2.67. The second kappa shape index (κ2) is 5.28. The van der Waals surface area contributed by atoms with E-state index in [0.29, 0.717) is 12.5 Å². The Hall–Kier alpha value is -1.43. The number of rotatable bonds is 4. The highest BCUT2D eigenvalue weighted by atomic mass is 35.5. The van der Waals surface area contributed by atoms with E-state index in [4.69, 9.17) is 11.6 Å². The molecule has 0 bridgehead atoms. The van der Waals surface area contributed by atoms with Gasteiger partial charge in [-0.1, -0.05) is 11.6 Å². The summed E-state index contributed by atoms with van der Waals surface area (Å²) in [5.41, 5.74) is -0.0240. The minimum atomic E-state index is -4.80. The van der Waals surface area contributed by atoms with Crippen molar-refractivity contribution in [3.8, 4) is 5.75 Å². The number of alkyl halides is 3. The van der Waals surface area contributed by atoms with Crippen molar-refractivity contribution in [1.29, 1.82) is 0 Å². The number of carbonyl (C=O) groups is 1. The van der Waals surface area contributed by atoms with Crippen molar-refractivity contribution in [3.63, 3.8) is 0 Å². The average molecular weight is 294 g/mol. The number of ether oxygens (including phenoxy) is 1. The fourth-order valence-electron chi connectivity index (χ4n) is 1.53. The minimum absolute atomic E-state index is 0.0240. The van der Waals surface area contributed by atoms with E-state index in [9.17, 15) is 18.0 Å². The fourth-order valence-corrected chi connectivity index (χ4v) is 1.73. The summed E-state index contributed by atoms with van der Waals surface area (Å²) in [5, 5.41) is 2.72. The maximum absolute atomic E-state index is 12.1. The van der Waals surface area contributed by atoms with Crippen LogP contribution in [0.15, 0.2) is 18.2 Å². The Labute approximate surface area is 112 Å². The van der Waals surface area contributed by atoms with Gasteiger partial charge in [0.05, 0.1) is 10.6 Å². The summed E-state index contributed by atoms with van der Waals surface area (Å²) in [4.78, 5) is 11.8. The molecule has 7 heteroatoms. The van der Waals surface area contributed by atoms with E-state index in [1.165, 1.54) is 6.07 Å². The molecule has 0 saturated heterocycles. The summed E-state index contributed by atoms with van der Waals surface area (Å²) in [7, 11) is 0. The highest BCUT2D eigenvalue weighted by Crippen LogP contribution is 2.29. The van der Waals surface area contributed by atoms with E-state index >= 15 is 0 Å². The van der Waals surface area contributed by atoms with Gasteiger partial charge in [0.1, 0.15) is 5.75 Å². The zero-order valence-electron chi connectivity index (χ0n) is 9.76. The highest BCUT2D eigenvalue weighted by molar-refractivity contribution is 6.33. The molecule has 0 radical (unpaired) electrons. The molecule has 0 aromatic heterocycles. The Morgan fingerprint density at radius 2 is 2.11 bits per heavy atom. The first-order valence-corrected chi connectivity index (χ1v) is 6.06. The van der Waals surface area contributed by atoms with Crippen LogP contribution >= 0.6 is 11.6 Å². The number of nitrogens with one attached hydrogen (secondary N) is 1. The Kier molecular flexibility index (Phi) is 3.89. The van der Waals surface area contributed by atoms with Crippen LogP contribution in [-0.2, 0) is 0 Å². The third-order valence-electron chi connectivity index (χ3n) is 2.66. The summed E-state index contributed by atoms with van der Waals surface area (Å²) in [6.45, 7) is 0.513. The topological polar surface area (TPSA) is 38.3 Å². The van der Waals surface area contributed by atoms with Gasteiger partial charge in [0.2, 0.25) is 0 Å². The van der Waals surface area contributed by atoms with Crippen LogP contribution in [0.1, 0.15) is 23.2 Å². The smallest absolute Gasteiger partial charge is 0.406 e. The highest BCUT2D eigenvalue weighted by Gasteiger charge is 2.31. The first kappa shape index (κ1) is 14.0. The lowest BCUT2D eigenvalue weighted by Crippen LogP contribution is -2.26. The largest absolute Gasteiger partial charge is 0.573 e. The molecule has 1 aromatic carbocycles. The van der Waals surface area contributed by atoms with Gasteiger partial charge in [-0.05, 0) is 37.0 Å². The summed E-state index contributed by atoms with van der Waals surface area (Å²) >= 11 is 5.80. The normalized spacial score (nSPS) is 15.2. The van der Waals surface area contributed by atoms with E-state index < -0.39 is 18.0 Å². The molecule has 1 N–H and O–H groups in total. The summed E-state index contributed by atoms with van der Waals surface area (Å²) < 4.78 is 40.0. The van der Waals surface area contributed by atoms with E-state index in [0.717, 1.165) is 25.0 Å². The Morgan fingerprint density at radius 3 is 2.68 bits per heavy atom. The number of amides is 1. The molecule has 1 amide bonds. The van der Waals surface area contributed by atoms with Crippen molar-refractivity contribution in [2.45, 2.75) is 19.2 Å². The van der Waals surface area contributed by atoms with Gasteiger partial charge in [0.25, 0.3) is 5.91 Å². The Bertz CT molecular complexity index is 486. The van der Waals surface area contributed by atoms with Gasteiger partial charge in [-0.15, -0.1) is 13.2 Å². The van der Waals surface area contributed by atoms with Gasteiger partial charge in [-0.2, -0.15) is 0 Å². The minimum Gasteiger partial charge on any atom is -0.406 e. The second-order valence-corrected chi connectivity index (χ2v) is 4.75. The molecule has 1 aliphatic rings. The van der Waals surface area contributed by atoms with Crippen molar-refractivity contribution in [2.24, 2.45) is 5.92 Å². The Balaban J connectivity index is 2.08. The molecular weight excluding hydrogens is 283 g/mol. The number of benzene rings is 1. The van der Waals surface area contributed by atoms with Gasteiger partial charge in [0.15, 0.2) is 0 Å². The lowest BCUT2D eigenvalue weighted by atomic mass is 10.2. The van der Waals surface area contributed by atoms with Crippen LogP contribution in [0.5, 0.6) is 5.75 Å². The van der Waals surface area contributed by atoms with Gasteiger partial charge in [-0.25, -0.2) is 0 Å². The maximum Gasteiger partial charge on any atom is 0.573 e. The lowest BCUT2D eigenvalue weighted by molar-refractivity contribution is -0.274. The van der Waals surface area contributed by atoms with Crippen LogP contribution in [0.3, 0.4) is 0 Å². The Morgan fingerprint density at radius 1 is 1.42 bits per heavy atom. The summed E-state index contributed by atoms with van der Waals surface area (Å²) in [6, 6.07) is 3.25. The van der Waals surface area contributed by atoms with Crippen LogP contribution in [0.2, 0.25) is 5.02 Å². The fraction of sp³-hybridized carbons (Fsp3) is 0.417. The van der Waals surface area contributed by atoms with Crippen molar-refractivity contribution in [3.05, 3.63) is 28.8 Å². The molecule has 19 heavy (non-hydrogen) atoms. The van der Waals surface area contributed by atoms with Gasteiger partial charge in [-0.3, -0.25) is 4.79 Å². The van der Waals surface area contributed by atoms with E-state index in [2.05, 4.69) is 10.1 Å². The predicted molar refractivity (Wildman–Crippen MR) is 63.2 cm³/mol. The molecule has 1 saturated carbocycles. The molecule has 2 rings (SSSR count). The van der Waals surface area contributed by atoms with Crippen molar-refractivity contribution >= 4 is 17.5 Å². The van der Waals surface area contributed by atoms with Crippen LogP contribution in [-0.4, -0.2) is 18.8 Å². The van der Waals surface area contributed by atoms with Crippen LogP contribution in [0, 0.1) is 5.92 Å². The monoisotopic (exact) mass is 293 g/mol. The zero-order chi connectivity index (χ0) is 14.0. The number of halogens is 4. The molecule has 1 aliphatic carbocycles. The van der Waals surface area contributed by atoms with Crippen molar-refractivity contribution in [1.82, 2.24) is 5.32 Å². The predicted octanol–water partition coefficient (Wildman–Crippen LogP) is 3.38. The van der Waals surface area contributed by atoms with Crippen LogP contribution < -0.4 is 10.1 Å². The quantitative estimate of drug-likeness (QED) is 0.924. The third-order valence-corrected chi connectivity index (χ3v) is 2.99. The van der Waals surface area contributed by atoms with E-state index in [1.807, 2.05) is 0 Å². The van der Waals surface area contributed by atoms with Gasteiger partial charge >= 0.3 is 6.36 Å². The molecule has 1 aromatic rings. The number of carbonyl (C=O) groups excluding carboxylic acids is 1. The average Bonchev–Trinajstić information content (AvgIpc) is 3.10. The summed E-state index contributed by atoms with van der Waals surface area (Å²) in [5.74, 6) is -0.490. The second-order valence-electron chi connectivity index (χ2n) is 4.34. The first-order valence-electron chi connectivity index (χ1n) is 5.68. The van der Waals surface area contributed by atoms with Crippen molar-refractivity contribution in [2.75, 3.05) is 6.54 Å². The standard InChI is InChI=1S/C12H11ClF3NO2/c13-10-4-3-8(19-12(14,15)16)5-9(10)11(18)17-6-7-1-2-7/h3-5,7H,1-2,6H2,(H,17,18). The number of hydrogen-bond donors (Lipinski definition) is 1. The molecule has 0 heterocycles. The molecule has 3 nitrogen and oxygen atoms in total. The van der Waals surface area contributed by atoms with Crippen LogP contribution in [0.25, 0.3) is 0 Å². The molecular formula is C12H11ClF3NO2. The zero-order valence-corrected chi connectivity index (χ0v) is 10.5. The molecule has 0 spiro atoms. The van der Waals surface area contributed by atoms with Crippen molar-refractivity contribution < 1.29 is 22.7 Å². The van der Waals surface area contributed by atoms with Gasteiger partial charge in [0, 0.05) is 6.54 Å². The molecule has 0 atom stereocenters. The third kappa shape index (κ3) is 4.31. The lowest BCUT2D eigenvalue weighted by Gasteiger charge is -2.11. The molecule has 104 valence electrons. The molecule has 1 fully saturated rings. The molecule has 0 aliphatic heterocycles. The molecule has 0 unspecified atom stereocenters. The van der Waals surface area contributed by atoms with Crippen LogP contribution in [0.4, 0.5) is 13.2 Å².